The molecule has 0 spiro atoms. The highest BCUT2D eigenvalue weighted by molar-refractivity contribution is 5.75. The van der Waals surface area contributed by atoms with Gasteiger partial charge in [0.1, 0.15) is 12.7 Å². The molecule has 6 heteroatoms. The van der Waals surface area contributed by atoms with Crippen molar-refractivity contribution in [3.05, 3.63) is 119 Å². The molecule has 2 N–H and O–H groups in total. The number of nitrogens with zero attached hydrogens (tertiary/aromatic N) is 3. The fourth-order valence-electron chi connectivity index (χ4n) is 3.39. The molecule has 4 rings (SSSR count). The first-order valence-electron chi connectivity index (χ1n) is 10.2. The molecule has 1 heterocycles. The number of carbonyl (C=O) groups is 1. The van der Waals surface area contributed by atoms with Gasteiger partial charge < -0.3 is 10.6 Å². The maximum atomic E-state index is 12.7. The molecule has 2 amide bonds. The SMILES string of the molecule is Cc1ccc([C@H](NC(=O)NCc2ccc(Cn3cncn3)cc2)c2ccccc2)cc1. The van der Waals surface area contributed by atoms with E-state index >= 15 is 0 Å². The van der Waals surface area contributed by atoms with E-state index in [1.54, 1.807) is 11.0 Å². The van der Waals surface area contributed by atoms with Gasteiger partial charge in [-0.2, -0.15) is 5.10 Å². The summed E-state index contributed by atoms with van der Waals surface area (Å²) in [5, 5.41) is 10.2. The highest BCUT2D eigenvalue weighted by Crippen LogP contribution is 2.22. The highest BCUT2D eigenvalue weighted by Gasteiger charge is 2.16. The molecule has 0 fully saturated rings. The summed E-state index contributed by atoms with van der Waals surface area (Å²) in [5.74, 6) is 0. The fraction of sp³-hybridized carbons (Fsp3) is 0.160. The summed E-state index contributed by atoms with van der Waals surface area (Å²) in [6.07, 6.45) is 3.22. The number of carbonyl (C=O) groups excluding carboxylic acids is 1. The zero-order chi connectivity index (χ0) is 21.5. The first kappa shape index (κ1) is 20.3. The van der Waals surface area contributed by atoms with Crippen molar-refractivity contribution < 1.29 is 4.79 Å². The number of benzene rings is 3. The van der Waals surface area contributed by atoms with Gasteiger partial charge in [0.25, 0.3) is 0 Å². The van der Waals surface area contributed by atoms with Gasteiger partial charge >= 0.3 is 6.03 Å². The van der Waals surface area contributed by atoms with Crippen LogP contribution in [0.5, 0.6) is 0 Å². The maximum Gasteiger partial charge on any atom is 0.315 e. The molecule has 0 aliphatic heterocycles. The topological polar surface area (TPSA) is 71.8 Å². The molecule has 0 saturated carbocycles. The van der Waals surface area contributed by atoms with E-state index < -0.39 is 0 Å². The minimum absolute atomic E-state index is 0.207. The summed E-state index contributed by atoms with van der Waals surface area (Å²) in [5.41, 5.74) is 5.43. The number of hydrogen-bond donors (Lipinski definition) is 2. The summed E-state index contributed by atoms with van der Waals surface area (Å²) < 4.78 is 1.77. The number of aryl methyl sites for hydroxylation is 1. The van der Waals surface area contributed by atoms with Gasteiger partial charge in [-0.1, -0.05) is 84.4 Å². The Bertz CT molecular complexity index is 1090. The quantitative estimate of drug-likeness (QED) is 0.478. The Balaban J connectivity index is 1.38. The van der Waals surface area contributed by atoms with Crippen LogP contribution in [0.1, 0.15) is 33.9 Å². The minimum Gasteiger partial charge on any atom is -0.334 e. The molecule has 4 aromatic rings. The third kappa shape index (κ3) is 5.57. The zero-order valence-electron chi connectivity index (χ0n) is 17.4. The van der Waals surface area contributed by atoms with Crippen LogP contribution in [0.2, 0.25) is 0 Å². The summed E-state index contributed by atoms with van der Waals surface area (Å²) in [4.78, 5) is 16.6. The lowest BCUT2D eigenvalue weighted by atomic mass is 9.98. The average Bonchev–Trinajstić information content (AvgIpc) is 3.31. The van der Waals surface area contributed by atoms with Crippen LogP contribution in [0.4, 0.5) is 4.79 Å². The first-order chi connectivity index (χ1) is 15.2. The van der Waals surface area contributed by atoms with Crippen LogP contribution in [-0.4, -0.2) is 20.8 Å². The van der Waals surface area contributed by atoms with Crippen molar-refractivity contribution in [2.24, 2.45) is 0 Å². The predicted octanol–water partition coefficient (Wildman–Crippen LogP) is 4.22. The molecule has 1 aromatic heterocycles. The minimum atomic E-state index is -0.216. The Labute approximate surface area is 182 Å². The van der Waals surface area contributed by atoms with Gasteiger partial charge in [-0.05, 0) is 29.2 Å². The largest absolute Gasteiger partial charge is 0.334 e. The van der Waals surface area contributed by atoms with Gasteiger partial charge in [0.15, 0.2) is 0 Å². The monoisotopic (exact) mass is 411 g/mol. The van der Waals surface area contributed by atoms with E-state index in [0.29, 0.717) is 13.1 Å². The van der Waals surface area contributed by atoms with Gasteiger partial charge in [-0.3, -0.25) is 0 Å². The zero-order valence-corrected chi connectivity index (χ0v) is 17.4. The van der Waals surface area contributed by atoms with Crippen molar-refractivity contribution in [3.8, 4) is 0 Å². The van der Waals surface area contributed by atoms with E-state index in [-0.39, 0.29) is 12.1 Å². The van der Waals surface area contributed by atoms with Gasteiger partial charge in [0, 0.05) is 6.54 Å². The number of nitrogens with one attached hydrogen (secondary N) is 2. The van der Waals surface area contributed by atoms with Crippen LogP contribution in [0.3, 0.4) is 0 Å². The molecule has 0 aliphatic rings. The van der Waals surface area contributed by atoms with E-state index in [9.17, 15) is 4.79 Å². The van der Waals surface area contributed by atoms with Gasteiger partial charge in [0.05, 0.1) is 12.6 Å². The van der Waals surface area contributed by atoms with Gasteiger partial charge in [0.2, 0.25) is 0 Å². The molecular formula is C25H25N5O. The smallest absolute Gasteiger partial charge is 0.315 e. The molecule has 0 saturated heterocycles. The molecule has 1 atom stereocenters. The lowest BCUT2D eigenvalue weighted by Crippen LogP contribution is -2.38. The predicted molar refractivity (Wildman–Crippen MR) is 120 cm³/mol. The fourth-order valence-corrected chi connectivity index (χ4v) is 3.39. The average molecular weight is 412 g/mol. The van der Waals surface area contributed by atoms with Gasteiger partial charge in [-0.25, -0.2) is 14.5 Å². The van der Waals surface area contributed by atoms with Crippen LogP contribution in [0.15, 0.2) is 91.5 Å². The molecule has 31 heavy (non-hydrogen) atoms. The van der Waals surface area contributed by atoms with E-state index in [4.69, 9.17) is 0 Å². The van der Waals surface area contributed by atoms with Crippen LogP contribution < -0.4 is 10.6 Å². The Morgan fingerprint density at radius 1 is 0.903 bits per heavy atom. The number of rotatable bonds is 7. The molecule has 0 radical (unpaired) electrons. The Morgan fingerprint density at radius 3 is 2.26 bits per heavy atom. The molecule has 0 unspecified atom stereocenters. The Morgan fingerprint density at radius 2 is 1.58 bits per heavy atom. The van der Waals surface area contributed by atoms with E-state index in [1.807, 2.05) is 54.6 Å². The summed E-state index contributed by atoms with van der Waals surface area (Å²) in [6.45, 7) is 3.17. The van der Waals surface area contributed by atoms with Crippen molar-refractivity contribution in [3.63, 3.8) is 0 Å². The molecular weight excluding hydrogens is 386 g/mol. The summed E-state index contributed by atoms with van der Waals surface area (Å²) >= 11 is 0. The molecule has 6 nitrogen and oxygen atoms in total. The van der Waals surface area contributed by atoms with Crippen molar-refractivity contribution in [1.82, 2.24) is 25.4 Å². The third-order valence-corrected chi connectivity index (χ3v) is 5.11. The number of amides is 2. The second-order valence-electron chi connectivity index (χ2n) is 7.49. The molecule has 0 bridgehead atoms. The van der Waals surface area contributed by atoms with Crippen molar-refractivity contribution in [2.45, 2.75) is 26.1 Å². The van der Waals surface area contributed by atoms with Crippen molar-refractivity contribution in [2.75, 3.05) is 0 Å². The maximum absolute atomic E-state index is 12.7. The lowest BCUT2D eigenvalue weighted by molar-refractivity contribution is 0.238. The summed E-state index contributed by atoms with van der Waals surface area (Å²) in [7, 11) is 0. The van der Waals surface area contributed by atoms with Crippen molar-refractivity contribution >= 4 is 6.03 Å². The highest BCUT2D eigenvalue weighted by atomic mass is 16.2. The molecule has 156 valence electrons. The number of hydrogen-bond acceptors (Lipinski definition) is 3. The van der Waals surface area contributed by atoms with E-state index in [2.05, 4.69) is 51.9 Å². The lowest BCUT2D eigenvalue weighted by Gasteiger charge is -2.20. The van der Waals surface area contributed by atoms with Crippen LogP contribution >= 0.6 is 0 Å². The third-order valence-electron chi connectivity index (χ3n) is 5.11. The van der Waals surface area contributed by atoms with Crippen LogP contribution in [-0.2, 0) is 13.1 Å². The normalized spacial score (nSPS) is 11.6. The molecule has 3 aromatic carbocycles. The summed E-state index contributed by atoms with van der Waals surface area (Å²) in [6, 6.07) is 25.9. The Kier molecular flexibility index (Phi) is 6.38. The van der Waals surface area contributed by atoms with Gasteiger partial charge in [-0.15, -0.1) is 0 Å². The van der Waals surface area contributed by atoms with Crippen LogP contribution in [0.25, 0.3) is 0 Å². The van der Waals surface area contributed by atoms with E-state index in [0.717, 1.165) is 22.3 Å². The van der Waals surface area contributed by atoms with E-state index in [1.165, 1.54) is 11.9 Å². The van der Waals surface area contributed by atoms with Crippen LogP contribution in [0, 0.1) is 6.92 Å². The number of aromatic nitrogens is 3. The van der Waals surface area contributed by atoms with Crippen molar-refractivity contribution in [1.29, 1.82) is 0 Å². The second kappa shape index (κ2) is 9.71. The number of urea groups is 1. The molecule has 0 aliphatic carbocycles. The first-order valence-corrected chi connectivity index (χ1v) is 10.2. The Hall–Kier alpha value is -3.93. The second-order valence-corrected chi connectivity index (χ2v) is 7.49. The standard InChI is InChI=1S/C25H25N5O/c1-19-7-13-23(14-8-19)24(22-5-3-2-4-6-22)29-25(31)27-15-20-9-11-21(12-10-20)16-30-18-26-17-28-30/h2-14,17-18,24H,15-16H2,1H3,(H2,27,29,31)/t24-/m1/s1.